The second-order valence-corrected chi connectivity index (χ2v) is 9.31. The molecule has 3 aromatic carbocycles. The Hall–Kier alpha value is -4.13. The van der Waals surface area contributed by atoms with E-state index in [0.29, 0.717) is 18.8 Å². The highest BCUT2D eigenvalue weighted by molar-refractivity contribution is 6.06. The average Bonchev–Trinajstić information content (AvgIpc) is 3.65. The first-order valence-electron chi connectivity index (χ1n) is 12.0. The molecule has 0 bridgehead atoms. The van der Waals surface area contributed by atoms with Gasteiger partial charge in [0.1, 0.15) is 6.04 Å². The highest BCUT2D eigenvalue weighted by atomic mass is 16.2. The number of benzene rings is 3. The summed E-state index contributed by atoms with van der Waals surface area (Å²) in [7, 11) is 0. The Morgan fingerprint density at radius 3 is 2.29 bits per heavy atom. The molecule has 35 heavy (non-hydrogen) atoms. The van der Waals surface area contributed by atoms with Gasteiger partial charge in [-0.3, -0.25) is 9.69 Å². The summed E-state index contributed by atoms with van der Waals surface area (Å²) in [5.41, 5.74) is 3.81. The van der Waals surface area contributed by atoms with Gasteiger partial charge in [-0.05, 0) is 23.6 Å². The highest BCUT2D eigenvalue weighted by Gasteiger charge is 2.56. The van der Waals surface area contributed by atoms with E-state index in [4.69, 9.17) is 0 Å². The molecule has 3 atom stereocenters. The number of anilines is 1. The van der Waals surface area contributed by atoms with E-state index in [1.807, 2.05) is 84.9 Å². The first-order chi connectivity index (χ1) is 17.1. The van der Waals surface area contributed by atoms with Gasteiger partial charge in [-0.2, -0.15) is 0 Å². The van der Waals surface area contributed by atoms with E-state index in [2.05, 4.69) is 5.32 Å². The number of para-hydroxylation sites is 1. The van der Waals surface area contributed by atoms with Crippen molar-refractivity contribution in [3.05, 3.63) is 90.5 Å². The summed E-state index contributed by atoms with van der Waals surface area (Å²) >= 11 is 0. The Bertz CT molecular complexity index is 1280. The number of amides is 5. The van der Waals surface area contributed by atoms with Gasteiger partial charge in [-0.25, -0.2) is 9.59 Å². The predicted octanol–water partition coefficient (Wildman–Crippen LogP) is 4.39. The number of carbonyl (C=O) groups is 3. The van der Waals surface area contributed by atoms with Gasteiger partial charge >= 0.3 is 12.1 Å². The molecule has 2 aliphatic heterocycles. The lowest BCUT2D eigenvalue weighted by Gasteiger charge is -2.35. The maximum atomic E-state index is 13.3. The molecule has 3 fully saturated rings. The van der Waals surface area contributed by atoms with Crippen LogP contribution >= 0.6 is 0 Å². The molecule has 0 radical (unpaired) electrons. The molecule has 2 heterocycles. The zero-order valence-electron chi connectivity index (χ0n) is 19.2. The molecule has 5 amide bonds. The summed E-state index contributed by atoms with van der Waals surface area (Å²) in [6, 6.07) is 26.4. The van der Waals surface area contributed by atoms with Gasteiger partial charge in [0.2, 0.25) is 0 Å². The van der Waals surface area contributed by atoms with E-state index in [1.54, 1.807) is 9.80 Å². The first kappa shape index (κ1) is 21.4. The number of imide groups is 1. The van der Waals surface area contributed by atoms with Gasteiger partial charge in [-0.15, -0.1) is 0 Å². The van der Waals surface area contributed by atoms with Crippen LogP contribution in [0.2, 0.25) is 0 Å². The topological polar surface area (TPSA) is 73.0 Å². The molecule has 3 unspecified atom stereocenters. The number of nitrogens with one attached hydrogen (secondary N) is 1. The Kier molecular flexibility index (Phi) is 5.25. The van der Waals surface area contributed by atoms with Gasteiger partial charge < -0.3 is 15.1 Å². The van der Waals surface area contributed by atoms with E-state index in [9.17, 15) is 14.4 Å². The van der Waals surface area contributed by atoms with Crippen LogP contribution in [0.3, 0.4) is 0 Å². The normalized spacial score (nSPS) is 23.3. The monoisotopic (exact) mass is 466 g/mol. The van der Waals surface area contributed by atoms with Crippen LogP contribution in [0.1, 0.15) is 17.9 Å². The predicted molar refractivity (Wildman–Crippen MR) is 133 cm³/mol. The molecule has 1 N–H and O–H groups in total. The van der Waals surface area contributed by atoms with Gasteiger partial charge in [0.05, 0.1) is 12.2 Å². The van der Waals surface area contributed by atoms with E-state index < -0.39 is 6.04 Å². The third kappa shape index (κ3) is 3.83. The Morgan fingerprint density at radius 1 is 0.829 bits per heavy atom. The van der Waals surface area contributed by atoms with Crippen LogP contribution < -0.4 is 5.32 Å². The quantitative estimate of drug-likeness (QED) is 0.580. The van der Waals surface area contributed by atoms with Gasteiger partial charge in [0.25, 0.3) is 5.91 Å². The third-order valence-corrected chi connectivity index (χ3v) is 7.21. The van der Waals surface area contributed by atoms with Crippen molar-refractivity contribution in [3.8, 4) is 11.1 Å². The summed E-state index contributed by atoms with van der Waals surface area (Å²) < 4.78 is 0. The van der Waals surface area contributed by atoms with Crippen LogP contribution in [0, 0.1) is 0 Å². The van der Waals surface area contributed by atoms with Crippen LogP contribution in [-0.2, 0) is 4.79 Å². The fourth-order valence-electron chi connectivity index (χ4n) is 5.29. The Morgan fingerprint density at radius 2 is 1.51 bits per heavy atom. The second-order valence-electron chi connectivity index (χ2n) is 9.31. The van der Waals surface area contributed by atoms with Crippen LogP contribution in [0.4, 0.5) is 15.3 Å². The van der Waals surface area contributed by atoms with Gasteiger partial charge in [0, 0.05) is 30.6 Å². The minimum atomic E-state index is -0.622. The molecule has 176 valence electrons. The number of fused-ring (bicyclic) bond motifs is 1. The zero-order valence-corrected chi connectivity index (χ0v) is 19.2. The molecule has 1 saturated carbocycles. The summed E-state index contributed by atoms with van der Waals surface area (Å²) in [5, 5.41) is 3.02. The number of carbonyl (C=O) groups excluding carboxylic acids is 3. The fraction of sp³-hybridized carbons (Fsp3) is 0.250. The maximum Gasteiger partial charge on any atom is 0.327 e. The van der Waals surface area contributed by atoms with Crippen molar-refractivity contribution < 1.29 is 14.4 Å². The number of urea groups is 2. The molecule has 0 aromatic heterocycles. The highest BCUT2D eigenvalue weighted by Crippen LogP contribution is 2.46. The van der Waals surface area contributed by atoms with Crippen molar-refractivity contribution in [2.75, 3.05) is 25.0 Å². The minimum absolute atomic E-state index is 0.0944. The van der Waals surface area contributed by atoms with Crippen LogP contribution in [0.5, 0.6) is 0 Å². The molecular formula is C28H26N4O3. The summed E-state index contributed by atoms with van der Waals surface area (Å²) in [5.74, 6) is -0.0000373. The van der Waals surface area contributed by atoms with Gasteiger partial charge in [0.15, 0.2) is 0 Å². The first-order valence-corrected chi connectivity index (χ1v) is 12.0. The number of piperazine rings is 1. The largest absolute Gasteiger partial charge is 0.327 e. The summed E-state index contributed by atoms with van der Waals surface area (Å²) in [4.78, 5) is 44.3. The number of rotatable bonds is 4. The van der Waals surface area contributed by atoms with E-state index >= 15 is 0 Å². The Labute approximate surface area is 203 Å². The van der Waals surface area contributed by atoms with Crippen molar-refractivity contribution in [1.29, 1.82) is 0 Å². The molecule has 7 nitrogen and oxygen atoms in total. The molecule has 0 spiro atoms. The lowest BCUT2D eigenvalue weighted by Crippen LogP contribution is -2.55. The lowest BCUT2D eigenvalue weighted by molar-refractivity contribution is -0.129. The van der Waals surface area contributed by atoms with Crippen molar-refractivity contribution in [3.63, 3.8) is 0 Å². The van der Waals surface area contributed by atoms with Crippen LogP contribution in [0.25, 0.3) is 11.1 Å². The minimum Gasteiger partial charge on any atom is -0.320 e. The number of hydrogen-bond donors (Lipinski definition) is 1. The zero-order chi connectivity index (χ0) is 23.9. The van der Waals surface area contributed by atoms with E-state index in [1.165, 1.54) is 4.90 Å². The standard InChI is InChI=1S/C28H26N4O3/c33-26-25-18-30(27(34)29-23-14-8-7-13-21(23)19-9-3-1-4-10-19)15-16-31(25)28(35)32(26)24-17-22(24)20-11-5-2-6-12-20/h1-14,22,24-25H,15-18H2,(H,29,34). The van der Waals surface area contributed by atoms with Crippen molar-refractivity contribution in [2.45, 2.75) is 24.4 Å². The number of hydrogen-bond acceptors (Lipinski definition) is 3. The molecule has 7 heteroatoms. The maximum absolute atomic E-state index is 13.3. The molecular weight excluding hydrogens is 440 g/mol. The van der Waals surface area contributed by atoms with Crippen molar-refractivity contribution in [2.24, 2.45) is 0 Å². The number of nitrogens with zero attached hydrogens (tertiary/aromatic N) is 3. The smallest absolute Gasteiger partial charge is 0.320 e. The molecule has 6 rings (SSSR count). The second kappa shape index (κ2) is 8.58. The fourth-order valence-corrected chi connectivity index (χ4v) is 5.29. The SMILES string of the molecule is O=C(Nc1ccccc1-c1ccccc1)N1CCN2C(=O)N(C3CC3c3ccccc3)C(=O)C2C1. The van der Waals surface area contributed by atoms with E-state index in [-0.39, 0.29) is 36.5 Å². The van der Waals surface area contributed by atoms with E-state index in [0.717, 1.165) is 23.1 Å². The molecule has 2 saturated heterocycles. The van der Waals surface area contributed by atoms with Crippen molar-refractivity contribution in [1.82, 2.24) is 14.7 Å². The average molecular weight is 467 g/mol. The van der Waals surface area contributed by atoms with Crippen LogP contribution in [0.15, 0.2) is 84.9 Å². The lowest BCUT2D eigenvalue weighted by atomic mass is 10.0. The molecule has 1 aliphatic carbocycles. The van der Waals surface area contributed by atoms with Crippen LogP contribution in [-0.4, -0.2) is 64.4 Å². The molecule has 3 aromatic rings. The summed E-state index contributed by atoms with van der Waals surface area (Å²) in [6.45, 7) is 0.931. The van der Waals surface area contributed by atoms with Crippen molar-refractivity contribution >= 4 is 23.7 Å². The van der Waals surface area contributed by atoms with Gasteiger partial charge in [-0.1, -0.05) is 78.9 Å². The molecule has 3 aliphatic rings. The summed E-state index contributed by atoms with van der Waals surface area (Å²) in [6.07, 6.45) is 0.794. The Balaban J connectivity index is 1.15. The third-order valence-electron chi connectivity index (χ3n) is 7.21.